The zero-order valence-electron chi connectivity index (χ0n) is 15.5. The van der Waals surface area contributed by atoms with Gasteiger partial charge in [0.1, 0.15) is 5.76 Å². The number of ether oxygens (including phenoxy) is 1. The van der Waals surface area contributed by atoms with Crippen LogP contribution in [0.1, 0.15) is 43.1 Å². The van der Waals surface area contributed by atoms with Crippen LogP contribution in [0.2, 0.25) is 0 Å². The van der Waals surface area contributed by atoms with Crippen LogP contribution in [0.4, 0.5) is 0 Å². The van der Waals surface area contributed by atoms with Crippen molar-refractivity contribution in [2.24, 2.45) is 0 Å². The quantitative estimate of drug-likeness (QED) is 0.530. The third-order valence-corrected chi connectivity index (χ3v) is 4.07. The molecule has 0 unspecified atom stereocenters. The van der Waals surface area contributed by atoms with Crippen molar-refractivity contribution in [2.45, 2.75) is 32.7 Å². The summed E-state index contributed by atoms with van der Waals surface area (Å²) in [5.41, 5.74) is 2.21. The van der Waals surface area contributed by atoms with Gasteiger partial charge in [-0.3, -0.25) is 9.59 Å². The fourth-order valence-electron chi connectivity index (χ4n) is 2.45. The molecule has 2 rings (SSSR count). The zero-order chi connectivity index (χ0) is 18.9. The molecule has 5 heteroatoms. The molecule has 1 aromatic heterocycles. The Balaban J connectivity index is 2.04. The highest BCUT2D eigenvalue weighted by molar-refractivity contribution is 5.92. The van der Waals surface area contributed by atoms with Gasteiger partial charge in [0, 0.05) is 12.6 Å². The number of carbonyl (C=O) groups excluding carboxylic acids is 2. The van der Waals surface area contributed by atoms with E-state index in [-0.39, 0.29) is 24.8 Å². The van der Waals surface area contributed by atoms with Gasteiger partial charge in [0.25, 0.3) is 0 Å². The van der Waals surface area contributed by atoms with Gasteiger partial charge < -0.3 is 14.1 Å². The lowest BCUT2D eigenvalue weighted by Crippen LogP contribution is -2.31. The standard InChI is InChI=1S/C21H25NO4/c1-16(2)18-9-6-17(7-10-18)8-11-20(23)22(13-12-21(24)25-3)15-19-5-4-14-26-19/h4-11,14,16H,12-13,15H2,1-3H3/b11-8+. The van der Waals surface area contributed by atoms with E-state index in [9.17, 15) is 9.59 Å². The van der Waals surface area contributed by atoms with Gasteiger partial charge in [0.15, 0.2) is 0 Å². The Labute approximate surface area is 154 Å². The molecule has 2 aromatic rings. The first-order valence-corrected chi connectivity index (χ1v) is 8.65. The Hall–Kier alpha value is -2.82. The van der Waals surface area contributed by atoms with Crippen LogP contribution < -0.4 is 0 Å². The van der Waals surface area contributed by atoms with Crippen LogP contribution in [0, 0.1) is 0 Å². The number of furan rings is 1. The molecule has 0 N–H and O–H groups in total. The van der Waals surface area contributed by atoms with E-state index in [0.717, 1.165) is 5.56 Å². The van der Waals surface area contributed by atoms with Crippen molar-refractivity contribution in [1.29, 1.82) is 0 Å². The highest BCUT2D eigenvalue weighted by Crippen LogP contribution is 2.15. The second-order valence-corrected chi connectivity index (χ2v) is 6.32. The summed E-state index contributed by atoms with van der Waals surface area (Å²) in [6, 6.07) is 11.7. The van der Waals surface area contributed by atoms with Crippen LogP contribution in [0.3, 0.4) is 0 Å². The molecule has 0 radical (unpaired) electrons. The highest BCUT2D eigenvalue weighted by Gasteiger charge is 2.15. The van der Waals surface area contributed by atoms with Crippen LogP contribution in [-0.4, -0.2) is 30.4 Å². The molecule has 0 aliphatic rings. The Morgan fingerprint density at radius 2 is 1.92 bits per heavy atom. The Kier molecular flexibility index (Phi) is 7.21. The van der Waals surface area contributed by atoms with Crippen LogP contribution in [0.15, 0.2) is 53.2 Å². The number of benzene rings is 1. The molecular weight excluding hydrogens is 330 g/mol. The van der Waals surface area contributed by atoms with E-state index in [0.29, 0.717) is 18.2 Å². The van der Waals surface area contributed by atoms with E-state index >= 15 is 0 Å². The average molecular weight is 355 g/mol. The Morgan fingerprint density at radius 3 is 2.50 bits per heavy atom. The number of hydrogen-bond acceptors (Lipinski definition) is 4. The number of amides is 1. The number of methoxy groups -OCH3 is 1. The Bertz CT molecular complexity index is 730. The van der Waals surface area contributed by atoms with Crippen molar-refractivity contribution in [3.63, 3.8) is 0 Å². The number of rotatable bonds is 8. The van der Waals surface area contributed by atoms with Crippen LogP contribution in [0.5, 0.6) is 0 Å². The number of carbonyl (C=O) groups is 2. The number of nitrogens with zero attached hydrogens (tertiary/aromatic N) is 1. The molecule has 1 aromatic carbocycles. The van der Waals surface area contributed by atoms with Gasteiger partial charge in [-0.2, -0.15) is 0 Å². The van der Waals surface area contributed by atoms with Gasteiger partial charge in [-0.05, 0) is 35.3 Å². The molecule has 0 fully saturated rings. The van der Waals surface area contributed by atoms with Crippen LogP contribution >= 0.6 is 0 Å². The molecule has 1 amide bonds. The van der Waals surface area contributed by atoms with E-state index in [4.69, 9.17) is 4.42 Å². The van der Waals surface area contributed by atoms with E-state index in [2.05, 4.69) is 30.7 Å². The molecule has 0 aliphatic carbocycles. The minimum atomic E-state index is -0.351. The lowest BCUT2D eigenvalue weighted by Gasteiger charge is -2.19. The normalized spacial score (nSPS) is 11.1. The first kappa shape index (κ1) is 19.5. The molecule has 26 heavy (non-hydrogen) atoms. The van der Waals surface area contributed by atoms with Crippen molar-refractivity contribution in [2.75, 3.05) is 13.7 Å². The van der Waals surface area contributed by atoms with Gasteiger partial charge in [0.05, 0.1) is 26.3 Å². The molecule has 0 spiro atoms. The van der Waals surface area contributed by atoms with Crippen molar-refractivity contribution >= 4 is 18.0 Å². The summed E-state index contributed by atoms with van der Waals surface area (Å²) >= 11 is 0. The van der Waals surface area contributed by atoms with Gasteiger partial charge in [0.2, 0.25) is 5.91 Å². The average Bonchev–Trinajstić information content (AvgIpc) is 3.16. The maximum Gasteiger partial charge on any atom is 0.307 e. The summed E-state index contributed by atoms with van der Waals surface area (Å²) in [7, 11) is 1.34. The molecule has 0 atom stereocenters. The molecule has 138 valence electrons. The second kappa shape index (κ2) is 9.61. The van der Waals surface area contributed by atoms with Gasteiger partial charge in [-0.15, -0.1) is 0 Å². The lowest BCUT2D eigenvalue weighted by atomic mass is 10.0. The monoisotopic (exact) mass is 355 g/mol. The minimum absolute atomic E-state index is 0.139. The van der Waals surface area contributed by atoms with Crippen LogP contribution in [-0.2, 0) is 20.9 Å². The SMILES string of the molecule is COC(=O)CCN(Cc1ccco1)C(=O)/C=C/c1ccc(C(C)C)cc1. The van der Waals surface area contributed by atoms with E-state index < -0.39 is 0 Å². The fourth-order valence-corrected chi connectivity index (χ4v) is 2.45. The molecule has 1 heterocycles. The summed E-state index contributed by atoms with van der Waals surface area (Å²) in [5.74, 6) is 0.600. The van der Waals surface area contributed by atoms with Crippen molar-refractivity contribution in [1.82, 2.24) is 4.90 Å². The highest BCUT2D eigenvalue weighted by atomic mass is 16.5. The smallest absolute Gasteiger partial charge is 0.307 e. The largest absolute Gasteiger partial charge is 0.469 e. The third kappa shape index (κ3) is 5.92. The van der Waals surface area contributed by atoms with E-state index in [1.165, 1.54) is 18.7 Å². The van der Waals surface area contributed by atoms with Gasteiger partial charge in [-0.25, -0.2) is 0 Å². The predicted octanol–water partition coefficient (Wildman–Crippen LogP) is 4.01. The topological polar surface area (TPSA) is 59.8 Å². The summed E-state index contributed by atoms with van der Waals surface area (Å²) < 4.78 is 9.97. The maximum atomic E-state index is 12.6. The lowest BCUT2D eigenvalue weighted by molar-refractivity contribution is -0.141. The molecule has 0 saturated carbocycles. The van der Waals surface area contributed by atoms with E-state index in [1.807, 2.05) is 12.1 Å². The molecule has 5 nitrogen and oxygen atoms in total. The summed E-state index contributed by atoms with van der Waals surface area (Å²) in [5, 5.41) is 0. The maximum absolute atomic E-state index is 12.6. The molecular formula is C21H25NO4. The molecule has 0 saturated heterocycles. The van der Waals surface area contributed by atoms with Crippen molar-refractivity contribution in [3.05, 3.63) is 65.6 Å². The van der Waals surface area contributed by atoms with Gasteiger partial charge in [-0.1, -0.05) is 38.1 Å². The summed E-state index contributed by atoms with van der Waals surface area (Å²) in [6.45, 7) is 4.85. The second-order valence-electron chi connectivity index (χ2n) is 6.32. The van der Waals surface area contributed by atoms with Crippen molar-refractivity contribution in [3.8, 4) is 0 Å². The third-order valence-electron chi connectivity index (χ3n) is 4.07. The number of hydrogen-bond donors (Lipinski definition) is 0. The first-order chi connectivity index (χ1) is 12.5. The first-order valence-electron chi connectivity index (χ1n) is 8.65. The fraction of sp³-hybridized carbons (Fsp3) is 0.333. The Morgan fingerprint density at radius 1 is 1.19 bits per heavy atom. The van der Waals surface area contributed by atoms with Gasteiger partial charge >= 0.3 is 5.97 Å². The van der Waals surface area contributed by atoms with Crippen molar-refractivity contribution < 1.29 is 18.7 Å². The summed E-state index contributed by atoms with van der Waals surface area (Å²) in [4.78, 5) is 25.5. The number of esters is 1. The van der Waals surface area contributed by atoms with E-state index in [1.54, 1.807) is 29.4 Å². The molecule has 0 bridgehead atoms. The predicted molar refractivity (Wildman–Crippen MR) is 100 cm³/mol. The molecule has 0 aliphatic heterocycles. The minimum Gasteiger partial charge on any atom is -0.469 e. The zero-order valence-corrected chi connectivity index (χ0v) is 15.5. The van der Waals surface area contributed by atoms with Crippen LogP contribution in [0.25, 0.3) is 6.08 Å². The summed E-state index contributed by atoms with van der Waals surface area (Å²) in [6.07, 6.45) is 4.99.